The molecule has 0 aliphatic heterocycles. The van der Waals surface area contributed by atoms with Crippen LogP contribution in [0.5, 0.6) is 0 Å². The van der Waals surface area contributed by atoms with Gasteiger partial charge in [-0.3, -0.25) is 0 Å². The molecule has 0 fully saturated rings. The van der Waals surface area contributed by atoms with E-state index in [4.69, 9.17) is 17.0 Å². The van der Waals surface area contributed by atoms with E-state index in [0.29, 0.717) is 5.88 Å². The molecule has 1 aromatic carbocycles. The highest BCUT2D eigenvalue weighted by atomic mass is 35.5. The van der Waals surface area contributed by atoms with Gasteiger partial charge in [-0.25, -0.2) is 0 Å². The molecule has 0 aliphatic carbocycles. The van der Waals surface area contributed by atoms with Crippen molar-refractivity contribution in [2.24, 2.45) is 0 Å². The van der Waals surface area contributed by atoms with Gasteiger partial charge in [0.1, 0.15) is 0 Å². The van der Waals surface area contributed by atoms with Crippen molar-refractivity contribution in [2.45, 2.75) is 39.5 Å². The van der Waals surface area contributed by atoms with Crippen LogP contribution in [0.25, 0.3) is 0 Å². The van der Waals surface area contributed by atoms with Crippen LogP contribution >= 0.6 is 11.6 Å². The van der Waals surface area contributed by atoms with Crippen molar-refractivity contribution in [2.75, 3.05) is 5.88 Å². The van der Waals surface area contributed by atoms with Crippen LogP contribution in [0, 0.1) is 5.41 Å². The Bertz CT molecular complexity index is 282. The van der Waals surface area contributed by atoms with Gasteiger partial charge in [0.25, 0.3) is 0 Å². The molecule has 0 amide bonds. The van der Waals surface area contributed by atoms with Crippen molar-refractivity contribution in [3.05, 3.63) is 35.9 Å². The Hall–Kier alpha value is -0.820. The molecule has 90 valence electrons. The molecule has 0 aromatic heterocycles. The first-order chi connectivity index (χ1) is 7.75. The third-order valence-corrected chi connectivity index (χ3v) is 2.62. The van der Waals surface area contributed by atoms with Gasteiger partial charge in [-0.1, -0.05) is 44.2 Å². The number of hydrogen-bond acceptors (Lipinski definition) is 1. The predicted octanol–water partition coefficient (Wildman–Crippen LogP) is 4.86. The maximum Gasteiger partial charge on any atom is 0.0223 e. The summed E-state index contributed by atoms with van der Waals surface area (Å²) in [6, 6.07) is 10.2. The van der Waals surface area contributed by atoms with Crippen LogP contribution in [0.15, 0.2) is 30.3 Å². The van der Waals surface area contributed by atoms with E-state index in [0.717, 1.165) is 18.6 Å². The number of nitrogens with one attached hydrogen (secondary N) is 1. The van der Waals surface area contributed by atoms with E-state index in [2.05, 4.69) is 12.1 Å². The number of benzene rings is 1. The molecule has 2 heteroatoms. The van der Waals surface area contributed by atoms with Crippen LogP contribution in [0.2, 0.25) is 0 Å². The Kier molecular flexibility index (Phi) is 8.93. The molecule has 0 heterocycles. The van der Waals surface area contributed by atoms with E-state index in [1.807, 2.05) is 39.0 Å². The predicted molar refractivity (Wildman–Crippen MR) is 73.9 cm³/mol. The Morgan fingerprint density at radius 2 is 1.81 bits per heavy atom. The highest BCUT2D eigenvalue weighted by molar-refractivity contribution is 6.17. The largest absolute Gasteiger partial charge is 0.309 e. The minimum absolute atomic E-state index is 0.245. The average molecular weight is 240 g/mol. The lowest BCUT2D eigenvalue weighted by atomic mass is 9.91. The lowest BCUT2D eigenvalue weighted by Gasteiger charge is -2.15. The highest BCUT2D eigenvalue weighted by Crippen LogP contribution is 2.22. The Morgan fingerprint density at radius 1 is 1.25 bits per heavy atom. The third kappa shape index (κ3) is 5.32. The van der Waals surface area contributed by atoms with Crippen LogP contribution in [-0.4, -0.2) is 11.6 Å². The topological polar surface area (TPSA) is 23.9 Å². The van der Waals surface area contributed by atoms with Gasteiger partial charge in [-0.05, 0) is 25.3 Å². The van der Waals surface area contributed by atoms with E-state index in [1.165, 1.54) is 5.56 Å². The molecule has 0 aliphatic rings. The maximum atomic E-state index is 7.72. The molecule has 1 rings (SSSR count). The summed E-state index contributed by atoms with van der Waals surface area (Å²) in [5.41, 5.74) is 1.95. The fraction of sp³-hybridized carbons (Fsp3) is 0.500. The number of halogens is 1. The lowest BCUT2D eigenvalue weighted by Crippen LogP contribution is -2.08. The molecular formula is C14H22ClN. The van der Waals surface area contributed by atoms with Gasteiger partial charge in [0.05, 0.1) is 0 Å². The quantitative estimate of drug-likeness (QED) is 0.561. The summed E-state index contributed by atoms with van der Waals surface area (Å²) < 4.78 is 0. The number of rotatable bonds is 5. The molecule has 0 radical (unpaired) electrons. The van der Waals surface area contributed by atoms with Gasteiger partial charge in [-0.15, -0.1) is 11.6 Å². The van der Waals surface area contributed by atoms with Gasteiger partial charge in [0.15, 0.2) is 0 Å². The molecule has 1 N–H and O–H groups in total. The molecule has 0 spiro atoms. The molecule has 0 saturated heterocycles. The summed E-state index contributed by atoms with van der Waals surface area (Å²) >= 11 is 5.67. The zero-order valence-electron chi connectivity index (χ0n) is 10.5. The first kappa shape index (κ1) is 15.2. The summed E-state index contributed by atoms with van der Waals surface area (Å²) in [6.45, 7) is 5.87. The van der Waals surface area contributed by atoms with Crippen molar-refractivity contribution in [1.29, 1.82) is 5.41 Å². The zero-order chi connectivity index (χ0) is 12.4. The lowest BCUT2D eigenvalue weighted by molar-refractivity contribution is 0.743. The Morgan fingerprint density at radius 3 is 2.25 bits per heavy atom. The van der Waals surface area contributed by atoms with Crippen molar-refractivity contribution in [1.82, 2.24) is 0 Å². The summed E-state index contributed by atoms with van der Waals surface area (Å²) in [6.07, 6.45) is 1.94. The van der Waals surface area contributed by atoms with Crippen LogP contribution in [0.4, 0.5) is 0 Å². The minimum Gasteiger partial charge on any atom is -0.309 e. The molecule has 0 bridgehead atoms. The smallest absolute Gasteiger partial charge is 0.0223 e. The fourth-order valence-corrected chi connectivity index (χ4v) is 1.75. The summed E-state index contributed by atoms with van der Waals surface area (Å²) in [7, 11) is 0. The molecule has 1 unspecified atom stereocenters. The van der Waals surface area contributed by atoms with Gasteiger partial charge in [-0.2, -0.15) is 0 Å². The minimum atomic E-state index is 0.245. The van der Waals surface area contributed by atoms with Gasteiger partial charge in [0.2, 0.25) is 0 Å². The Labute approximate surface area is 104 Å². The van der Waals surface area contributed by atoms with E-state index in [-0.39, 0.29) is 5.92 Å². The molecule has 1 aromatic rings. The van der Waals surface area contributed by atoms with Gasteiger partial charge >= 0.3 is 0 Å². The normalized spacial score (nSPS) is 11.2. The summed E-state index contributed by atoms with van der Waals surface area (Å²) in [5, 5.41) is 7.72. The monoisotopic (exact) mass is 239 g/mol. The van der Waals surface area contributed by atoms with E-state index in [9.17, 15) is 0 Å². The van der Waals surface area contributed by atoms with Gasteiger partial charge < -0.3 is 5.41 Å². The number of hydrogen-bond donors (Lipinski definition) is 1. The van der Waals surface area contributed by atoms with Crippen molar-refractivity contribution >= 4 is 17.3 Å². The van der Waals surface area contributed by atoms with E-state index < -0.39 is 0 Å². The Balaban J connectivity index is 0.00000106. The first-order valence-corrected chi connectivity index (χ1v) is 6.45. The third-order valence-electron chi connectivity index (χ3n) is 2.35. The molecular weight excluding hydrogens is 218 g/mol. The molecule has 16 heavy (non-hydrogen) atoms. The summed E-state index contributed by atoms with van der Waals surface area (Å²) in [4.78, 5) is 0. The van der Waals surface area contributed by atoms with Crippen LogP contribution in [0.1, 0.15) is 45.1 Å². The van der Waals surface area contributed by atoms with Crippen molar-refractivity contribution in [3.63, 3.8) is 0 Å². The molecule has 1 atom stereocenters. The fourth-order valence-electron chi connectivity index (χ4n) is 1.60. The van der Waals surface area contributed by atoms with Crippen molar-refractivity contribution in [3.8, 4) is 0 Å². The zero-order valence-corrected chi connectivity index (χ0v) is 11.2. The summed E-state index contributed by atoms with van der Waals surface area (Å²) in [5.74, 6) is 0.923. The molecule has 0 saturated carbocycles. The SMILES string of the molecule is CC.CC(=N)C(CCCCl)c1ccccc1. The first-order valence-electron chi connectivity index (χ1n) is 5.91. The second-order valence-corrected chi connectivity index (χ2v) is 3.86. The highest BCUT2D eigenvalue weighted by Gasteiger charge is 2.12. The second kappa shape index (κ2) is 9.41. The van der Waals surface area contributed by atoms with Gasteiger partial charge in [0, 0.05) is 17.5 Å². The number of alkyl halides is 1. The average Bonchev–Trinajstić information content (AvgIpc) is 2.33. The molecule has 1 nitrogen and oxygen atoms in total. The van der Waals surface area contributed by atoms with E-state index in [1.54, 1.807) is 0 Å². The van der Waals surface area contributed by atoms with Crippen molar-refractivity contribution < 1.29 is 0 Å². The van der Waals surface area contributed by atoms with Crippen LogP contribution < -0.4 is 0 Å². The second-order valence-electron chi connectivity index (χ2n) is 3.48. The van der Waals surface area contributed by atoms with Crippen LogP contribution in [-0.2, 0) is 0 Å². The van der Waals surface area contributed by atoms with E-state index >= 15 is 0 Å². The standard InChI is InChI=1S/C12H16ClN.C2H6/c1-10(14)12(8-5-9-13)11-6-3-2-4-7-11;1-2/h2-4,6-7,12,14H,5,8-9H2,1H3;1-2H3. The van der Waals surface area contributed by atoms with Crippen LogP contribution in [0.3, 0.4) is 0 Å². The maximum absolute atomic E-state index is 7.72.